The molecule has 0 bridgehead atoms. The molecular weight excluding hydrogens is 238 g/mol. The molecule has 0 aromatic heterocycles. The fourth-order valence-electron chi connectivity index (χ4n) is 2.19. The number of nitrogens with one attached hydrogen (secondary N) is 1. The highest BCUT2D eigenvalue weighted by molar-refractivity contribution is 6.34. The third kappa shape index (κ3) is 2.47. The van der Waals surface area contributed by atoms with Crippen molar-refractivity contribution in [2.45, 2.75) is 25.8 Å². The fraction of sp³-hybridized carbons (Fsp3) is 0.417. The highest BCUT2D eigenvalue weighted by atomic mass is 35.5. The van der Waals surface area contributed by atoms with E-state index >= 15 is 0 Å². The van der Waals surface area contributed by atoms with Gasteiger partial charge in [0.15, 0.2) is 0 Å². The second-order valence-corrected chi connectivity index (χ2v) is 5.11. The second kappa shape index (κ2) is 4.45. The van der Waals surface area contributed by atoms with Crippen LogP contribution < -0.4 is 16.8 Å². The lowest BCUT2D eigenvalue weighted by atomic mass is 9.81. The molecular formula is C12H16ClN3O. The molecule has 0 spiro atoms. The molecule has 17 heavy (non-hydrogen) atoms. The van der Waals surface area contributed by atoms with Gasteiger partial charge in [-0.1, -0.05) is 18.5 Å². The molecule has 0 saturated heterocycles. The lowest BCUT2D eigenvalue weighted by molar-refractivity contribution is 0.100. The Balaban J connectivity index is 2.28. The number of rotatable bonds is 3. The van der Waals surface area contributed by atoms with Crippen molar-refractivity contribution in [3.05, 3.63) is 22.7 Å². The Morgan fingerprint density at radius 2 is 2.12 bits per heavy atom. The number of benzene rings is 1. The number of carbonyl (C=O) groups is 1. The van der Waals surface area contributed by atoms with Gasteiger partial charge in [-0.25, -0.2) is 0 Å². The zero-order valence-corrected chi connectivity index (χ0v) is 10.4. The van der Waals surface area contributed by atoms with E-state index in [1.165, 1.54) is 0 Å². The summed E-state index contributed by atoms with van der Waals surface area (Å²) in [5.74, 6) is 0.200. The van der Waals surface area contributed by atoms with E-state index in [4.69, 9.17) is 23.1 Å². The summed E-state index contributed by atoms with van der Waals surface area (Å²) in [6, 6.07) is 3.54. The Hall–Kier alpha value is -1.42. The summed E-state index contributed by atoms with van der Waals surface area (Å²) in [4.78, 5) is 11.3. The van der Waals surface area contributed by atoms with Crippen molar-refractivity contribution in [1.29, 1.82) is 0 Å². The molecule has 1 aromatic carbocycles. The quantitative estimate of drug-likeness (QED) is 0.723. The molecule has 5 N–H and O–H groups in total. The Bertz CT molecular complexity index is 455. The molecule has 1 aliphatic rings. The monoisotopic (exact) mass is 253 g/mol. The van der Waals surface area contributed by atoms with Crippen LogP contribution in [0, 0.1) is 5.92 Å². The van der Waals surface area contributed by atoms with Crippen LogP contribution in [0.25, 0.3) is 0 Å². The Morgan fingerprint density at radius 1 is 1.47 bits per heavy atom. The first kappa shape index (κ1) is 12.0. The molecule has 1 amide bonds. The molecule has 0 atom stereocenters. The molecule has 0 unspecified atom stereocenters. The van der Waals surface area contributed by atoms with Crippen molar-refractivity contribution in [3.63, 3.8) is 0 Å². The zero-order chi connectivity index (χ0) is 12.6. The number of halogens is 1. The summed E-state index contributed by atoms with van der Waals surface area (Å²) in [6.07, 6.45) is 2.16. The SMILES string of the molecule is CC1CC(Nc2c(Cl)cc(N)cc2C(N)=O)C1. The van der Waals surface area contributed by atoms with E-state index < -0.39 is 5.91 Å². The van der Waals surface area contributed by atoms with Crippen molar-refractivity contribution < 1.29 is 4.79 Å². The van der Waals surface area contributed by atoms with Gasteiger partial charge < -0.3 is 16.8 Å². The van der Waals surface area contributed by atoms with E-state index in [-0.39, 0.29) is 0 Å². The predicted octanol–water partition coefficient (Wildman–Crippen LogP) is 2.23. The number of nitrogens with two attached hydrogens (primary N) is 2. The topological polar surface area (TPSA) is 81.1 Å². The number of primary amides is 1. The van der Waals surface area contributed by atoms with Crippen LogP contribution in [0.1, 0.15) is 30.1 Å². The van der Waals surface area contributed by atoms with Gasteiger partial charge in [0.25, 0.3) is 5.91 Å². The fourth-order valence-corrected chi connectivity index (χ4v) is 2.48. The lowest BCUT2D eigenvalue weighted by Crippen LogP contribution is -2.34. The summed E-state index contributed by atoms with van der Waals surface area (Å²) in [5.41, 5.74) is 12.4. The molecule has 92 valence electrons. The molecule has 2 rings (SSSR count). The maximum Gasteiger partial charge on any atom is 0.250 e. The van der Waals surface area contributed by atoms with E-state index in [1.54, 1.807) is 12.1 Å². The Morgan fingerprint density at radius 3 is 2.65 bits per heavy atom. The summed E-state index contributed by atoms with van der Waals surface area (Å²) in [6.45, 7) is 2.19. The molecule has 4 nitrogen and oxygen atoms in total. The molecule has 0 radical (unpaired) electrons. The Kier molecular flexibility index (Phi) is 3.15. The van der Waals surface area contributed by atoms with Crippen LogP contribution in [0.3, 0.4) is 0 Å². The minimum atomic E-state index is -0.519. The third-order valence-corrected chi connectivity index (χ3v) is 3.40. The summed E-state index contributed by atoms with van der Waals surface area (Å²) in [7, 11) is 0. The van der Waals surface area contributed by atoms with Crippen molar-refractivity contribution in [2.75, 3.05) is 11.1 Å². The Labute approximate surface area is 105 Å². The number of anilines is 2. The minimum absolute atomic E-state index is 0.356. The standard InChI is InChI=1S/C12H16ClN3O/c1-6-2-8(3-6)16-11-9(12(15)17)4-7(14)5-10(11)13/h4-6,8,16H,2-3,14H2,1H3,(H2,15,17). The van der Waals surface area contributed by atoms with E-state index in [0.29, 0.717) is 28.0 Å². The second-order valence-electron chi connectivity index (χ2n) is 4.71. The largest absolute Gasteiger partial charge is 0.399 e. The number of hydrogen-bond donors (Lipinski definition) is 3. The number of carbonyl (C=O) groups excluding carboxylic acids is 1. The number of hydrogen-bond acceptors (Lipinski definition) is 3. The van der Waals surface area contributed by atoms with E-state index in [0.717, 1.165) is 18.8 Å². The molecule has 1 aromatic rings. The summed E-state index contributed by atoms with van der Waals surface area (Å²) in [5, 5.41) is 3.71. The summed E-state index contributed by atoms with van der Waals surface area (Å²) < 4.78 is 0. The lowest BCUT2D eigenvalue weighted by Gasteiger charge is -2.34. The molecule has 5 heteroatoms. The van der Waals surface area contributed by atoms with Crippen LogP contribution in [0.4, 0.5) is 11.4 Å². The first-order chi connectivity index (χ1) is 7.97. The third-order valence-electron chi connectivity index (χ3n) is 3.10. The van der Waals surface area contributed by atoms with Gasteiger partial charge in [0, 0.05) is 11.7 Å². The van der Waals surface area contributed by atoms with Gasteiger partial charge in [0.2, 0.25) is 0 Å². The van der Waals surface area contributed by atoms with Gasteiger partial charge in [-0.2, -0.15) is 0 Å². The van der Waals surface area contributed by atoms with Crippen molar-refractivity contribution in [3.8, 4) is 0 Å². The first-order valence-electron chi connectivity index (χ1n) is 5.62. The maximum absolute atomic E-state index is 11.3. The number of nitrogen functional groups attached to an aromatic ring is 1. The van der Waals surface area contributed by atoms with Crippen LogP contribution in [0.2, 0.25) is 5.02 Å². The van der Waals surface area contributed by atoms with Gasteiger partial charge in [-0.15, -0.1) is 0 Å². The number of amides is 1. The molecule has 0 heterocycles. The molecule has 0 aliphatic heterocycles. The molecule has 1 aliphatic carbocycles. The van der Waals surface area contributed by atoms with Crippen LogP contribution in [0.15, 0.2) is 12.1 Å². The normalized spacial score (nSPS) is 22.9. The van der Waals surface area contributed by atoms with Gasteiger partial charge in [0.1, 0.15) is 0 Å². The van der Waals surface area contributed by atoms with Gasteiger partial charge in [-0.05, 0) is 30.9 Å². The van der Waals surface area contributed by atoms with Crippen molar-refractivity contribution in [1.82, 2.24) is 0 Å². The van der Waals surface area contributed by atoms with Crippen molar-refractivity contribution >= 4 is 28.9 Å². The van der Waals surface area contributed by atoms with Gasteiger partial charge >= 0.3 is 0 Å². The first-order valence-corrected chi connectivity index (χ1v) is 6.00. The van der Waals surface area contributed by atoms with E-state index in [2.05, 4.69) is 12.2 Å². The van der Waals surface area contributed by atoms with E-state index in [9.17, 15) is 4.79 Å². The smallest absolute Gasteiger partial charge is 0.250 e. The van der Waals surface area contributed by atoms with Crippen molar-refractivity contribution in [2.24, 2.45) is 11.7 Å². The maximum atomic E-state index is 11.3. The van der Waals surface area contributed by atoms with Crippen LogP contribution in [-0.2, 0) is 0 Å². The predicted molar refractivity (Wildman–Crippen MR) is 70.2 cm³/mol. The van der Waals surface area contributed by atoms with Crippen LogP contribution in [-0.4, -0.2) is 11.9 Å². The van der Waals surface area contributed by atoms with Crippen LogP contribution in [0.5, 0.6) is 0 Å². The van der Waals surface area contributed by atoms with Crippen LogP contribution >= 0.6 is 11.6 Å². The molecule has 1 fully saturated rings. The highest BCUT2D eigenvalue weighted by Crippen LogP contribution is 2.35. The zero-order valence-electron chi connectivity index (χ0n) is 9.66. The summed E-state index contributed by atoms with van der Waals surface area (Å²) >= 11 is 6.09. The highest BCUT2D eigenvalue weighted by Gasteiger charge is 2.27. The van der Waals surface area contributed by atoms with Gasteiger partial charge in [-0.3, -0.25) is 4.79 Å². The average molecular weight is 254 g/mol. The van der Waals surface area contributed by atoms with Gasteiger partial charge in [0.05, 0.1) is 16.3 Å². The van der Waals surface area contributed by atoms with E-state index in [1.807, 2.05) is 0 Å². The molecule has 1 saturated carbocycles. The minimum Gasteiger partial charge on any atom is -0.399 e. The average Bonchev–Trinajstić information content (AvgIpc) is 2.18.